The number of halogens is 4. The van der Waals surface area contributed by atoms with Crippen LogP contribution in [0.2, 0.25) is 0 Å². The second kappa shape index (κ2) is 7.16. The zero-order valence-corrected chi connectivity index (χ0v) is 12.6. The molecule has 0 unspecified atom stereocenters. The highest BCUT2D eigenvalue weighted by Crippen LogP contribution is 2.29. The molecule has 1 aromatic rings. The van der Waals surface area contributed by atoms with Gasteiger partial charge in [0.05, 0.1) is 6.54 Å². The van der Waals surface area contributed by atoms with E-state index in [4.69, 9.17) is 5.73 Å². The Balaban J connectivity index is 2.19. The van der Waals surface area contributed by atoms with Crippen molar-refractivity contribution in [3.05, 3.63) is 35.6 Å². The third kappa shape index (κ3) is 4.67. The Labute approximate surface area is 135 Å². The normalized spacial score (nSPS) is 22.2. The number of nitrogens with two attached hydrogens (primary N) is 1. The smallest absolute Gasteiger partial charge is 0.369 e. The van der Waals surface area contributed by atoms with E-state index in [0.29, 0.717) is 18.5 Å². The number of hydrogen-bond donors (Lipinski definition) is 2. The predicted molar refractivity (Wildman–Crippen MR) is 77.4 cm³/mol. The van der Waals surface area contributed by atoms with Crippen molar-refractivity contribution < 1.29 is 27.2 Å². The van der Waals surface area contributed by atoms with Crippen LogP contribution in [0.25, 0.3) is 0 Å². The van der Waals surface area contributed by atoms with Crippen LogP contribution in [0.15, 0.2) is 24.3 Å². The summed E-state index contributed by atoms with van der Waals surface area (Å²) in [5.74, 6) is -3.52. The molecule has 1 fully saturated rings. The van der Waals surface area contributed by atoms with Crippen LogP contribution in [-0.4, -0.2) is 48.6 Å². The molecule has 0 spiro atoms. The van der Waals surface area contributed by atoms with Crippen LogP contribution in [0.1, 0.15) is 17.9 Å². The van der Waals surface area contributed by atoms with Crippen LogP contribution < -0.4 is 11.1 Å². The number of nitrogens with one attached hydrogen (secondary N) is 1. The zero-order chi connectivity index (χ0) is 17.9. The number of carbonyl (C=O) groups excluding carboxylic acids is 2. The molecule has 1 aliphatic rings. The maximum Gasteiger partial charge on any atom is 0.471 e. The molecular formula is C15H17F4N3O2. The fourth-order valence-electron chi connectivity index (χ4n) is 2.89. The Bertz CT molecular complexity index is 604. The van der Waals surface area contributed by atoms with Crippen molar-refractivity contribution in [2.24, 2.45) is 5.73 Å². The van der Waals surface area contributed by atoms with Crippen LogP contribution in [0.3, 0.4) is 0 Å². The quantitative estimate of drug-likeness (QED) is 0.803. The fraction of sp³-hybridized carbons (Fsp3) is 0.467. The zero-order valence-electron chi connectivity index (χ0n) is 12.6. The van der Waals surface area contributed by atoms with Crippen LogP contribution in [-0.2, 0) is 9.59 Å². The molecule has 1 aromatic carbocycles. The van der Waals surface area contributed by atoms with Gasteiger partial charge in [0.1, 0.15) is 5.82 Å². The van der Waals surface area contributed by atoms with E-state index in [1.807, 2.05) is 5.32 Å². The Kier molecular flexibility index (Phi) is 5.43. The first-order valence-electron chi connectivity index (χ1n) is 7.30. The summed E-state index contributed by atoms with van der Waals surface area (Å²) < 4.78 is 50.7. The van der Waals surface area contributed by atoms with Crippen molar-refractivity contribution in [3.63, 3.8) is 0 Å². The van der Waals surface area contributed by atoms with Crippen LogP contribution in [0.4, 0.5) is 17.6 Å². The van der Waals surface area contributed by atoms with Gasteiger partial charge in [-0.3, -0.25) is 14.5 Å². The molecule has 9 heteroatoms. The number of benzene rings is 1. The van der Waals surface area contributed by atoms with E-state index in [0.717, 1.165) is 0 Å². The second-order valence-electron chi connectivity index (χ2n) is 5.73. The molecule has 0 radical (unpaired) electrons. The molecule has 2 atom stereocenters. The number of piperidine rings is 1. The number of rotatable bonds is 4. The number of carbonyl (C=O) groups is 2. The fourth-order valence-corrected chi connectivity index (χ4v) is 2.89. The molecule has 1 aliphatic heterocycles. The van der Waals surface area contributed by atoms with Gasteiger partial charge in [-0.25, -0.2) is 4.39 Å². The summed E-state index contributed by atoms with van der Waals surface area (Å²) in [7, 11) is 0. The van der Waals surface area contributed by atoms with Gasteiger partial charge >= 0.3 is 12.1 Å². The lowest BCUT2D eigenvalue weighted by molar-refractivity contribution is -0.174. The van der Waals surface area contributed by atoms with E-state index in [2.05, 4.69) is 0 Å². The van der Waals surface area contributed by atoms with Gasteiger partial charge in [0.15, 0.2) is 0 Å². The first kappa shape index (κ1) is 18.2. The molecule has 1 heterocycles. The van der Waals surface area contributed by atoms with Crippen molar-refractivity contribution in [3.8, 4) is 0 Å². The summed E-state index contributed by atoms with van der Waals surface area (Å²) in [4.78, 5) is 23.9. The second-order valence-corrected chi connectivity index (χ2v) is 5.73. The molecule has 2 amide bonds. The standard InChI is InChI=1S/C15H17F4N3O2/c16-10-3-1-9(2-4-10)11-5-6-22(8-13(20)23)7-12(11)21-14(24)15(17,18)19/h1-4,11-12H,5-8H2,(H2,20,23)(H,21,24)/t11-,12-/m1/s1. The third-order valence-corrected chi connectivity index (χ3v) is 3.95. The molecule has 132 valence electrons. The molecule has 5 nitrogen and oxygen atoms in total. The molecular weight excluding hydrogens is 330 g/mol. The lowest BCUT2D eigenvalue weighted by Gasteiger charge is -2.38. The molecule has 24 heavy (non-hydrogen) atoms. The highest BCUT2D eigenvalue weighted by Gasteiger charge is 2.42. The third-order valence-electron chi connectivity index (χ3n) is 3.95. The van der Waals surface area contributed by atoms with Gasteiger partial charge in [0, 0.05) is 18.5 Å². The van der Waals surface area contributed by atoms with Gasteiger partial charge in [0.25, 0.3) is 0 Å². The summed E-state index contributed by atoms with van der Waals surface area (Å²) in [6, 6.07) is 4.53. The summed E-state index contributed by atoms with van der Waals surface area (Å²) >= 11 is 0. The Morgan fingerprint density at radius 3 is 2.42 bits per heavy atom. The van der Waals surface area contributed by atoms with Crippen molar-refractivity contribution in [2.45, 2.75) is 24.6 Å². The highest BCUT2D eigenvalue weighted by molar-refractivity contribution is 5.82. The van der Waals surface area contributed by atoms with Crippen molar-refractivity contribution in [1.29, 1.82) is 0 Å². The van der Waals surface area contributed by atoms with Gasteiger partial charge in [-0.15, -0.1) is 0 Å². The van der Waals surface area contributed by atoms with Crippen molar-refractivity contribution in [2.75, 3.05) is 19.6 Å². The van der Waals surface area contributed by atoms with E-state index < -0.39 is 35.8 Å². The Hall–Kier alpha value is -2.16. The minimum Gasteiger partial charge on any atom is -0.369 e. The summed E-state index contributed by atoms with van der Waals surface area (Å²) in [6.45, 7) is 0.380. The molecule has 3 N–H and O–H groups in total. The van der Waals surface area contributed by atoms with Gasteiger partial charge in [-0.05, 0) is 30.7 Å². The van der Waals surface area contributed by atoms with Gasteiger partial charge in [-0.1, -0.05) is 12.1 Å². The maximum atomic E-state index is 13.0. The lowest BCUT2D eigenvalue weighted by Crippen LogP contribution is -2.55. The number of hydrogen-bond acceptors (Lipinski definition) is 3. The van der Waals surface area contributed by atoms with E-state index in [-0.39, 0.29) is 13.1 Å². The molecule has 0 aliphatic carbocycles. The molecule has 2 rings (SSSR count). The number of likely N-dealkylation sites (tertiary alicyclic amines) is 1. The topological polar surface area (TPSA) is 75.4 Å². The monoisotopic (exact) mass is 347 g/mol. The number of primary amides is 1. The summed E-state index contributed by atoms with van der Waals surface area (Å²) in [6.07, 6.45) is -4.60. The van der Waals surface area contributed by atoms with Gasteiger partial charge < -0.3 is 11.1 Å². The molecule has 0 saturated carbocycles. The Morgan fingerprint density at radius 1 is 1.25 bits per heavy atom. The lowest BCUT2D eigenvalue weighted by atomic mass is 9.85. The minimum absolute atomic E-state index is 0.0484. The number of amides is 2. The first-order chi connectivity index (χ1) is 11.2. The molecule has 1 saturated heterocycles. The van der Waals surface area contributed by atoms with E-state index in [1.54, 1.807) is 4.90 Å². The Morgan fingerprint density at radius 2 is 1.88 bits per heavy atom. The predicted octanol–water partition coefficient (Wildman–Crippen LogP) is 1.15. The molecule has 0 aromatic heterocycles. The van der Waals surface area contributed by atoms with Crippen LogP contribution in [0.5, 0.6) is 0 Å². The van der Waals surface area contributed by atoms with Crippen molar-refractivity contribution in [1.82, 2.24) is 10.2 Å². The van der Waals surface area contributed by atoms with E-state index in [1.165, 1.54) is 24.3 Å². The highest BCUT2D eigenvalue weighted by atomic mass is 19.4. The van der Waals surface area contributed by atoms with Crippen molar-refractivity contribution >= 4 is 11.8 Å². The number of nitrogens with zero attached hydrogens (tertiary/aromatic N) is 1. The number of alkyl halides is 3. The average Bonchev–Trinajstić information content (AvgIpc) is 2.47. The van der Waals surface area contributed by atoms with E-state index >= 15 is 0 Å². The van der Waals surface area contributed by atoms with Gasteiger partial charge in [-0.2, -0.15) is 13.2 Å². The first-order valence-corrected chi connectivity index (χ1v) is 7.30. The molecule has 0 bridgehead atoms. The largest absolute Gasteiger partial charge is 0.471 e. The van der Waals surface area contributed by atoms with Crippen LogP contribution >= 0.6 is 0 Å². The van der Waals surface area contributed by atoms with Gasteiger partial charge in [0.2, 0.25) is 5.91 Å². The minimum atomic E-state index is -5.00. The summed E-state index contributed by atoms with van der Waals surface area (Å²) in [5.41, 5.74) is 5.74. The summed E-state index contributed by atoms with van der Waals surface area (Å²) in [5, 5.41) is 1.97. The SMILES string of the molecule is NC(=O)CN1CC[C@H](c2ccc(F)cc2)[C@H](NC(=O)C(F)(F)F)C1. The van der Waals surface area contributed by atoms with E-state index in [9.17, 15) is 27.2 Å². The maximum absolute atomic E-state index is 13.0. The average molecular weight is 347 g/mol. The van der Waals surface area contributed by atoms with Crippen LogP contribution in [0, 0.1) is 5.82 Å².